The highest BCUT2D eigenvalue weighted by Gasteiger charge is 2.21. The van der Waals surface area contributed by atoms with E-state index in [1.165, 1.54) is 50.5 Å². The van der Waals surface area contributed by atoms with E-state index in [4.69, 9.17) is 4.74 Å². The van der Waals surface area contributed by atoms with Crippen molar-refractivity contribution in [3.63, 3.8) is 0 Å². The first-order valence-corrected chi connectivity index (χ1v) is 11.1. The Balaban J connectivity index is 0.00000300. The average molecular weight is 514 g/mol. The summed E-state index contributed by atoms with van der Waals surface area (Å²) in [5.41, 5.74) is 1.24. The summed E-state index contributed by atoms with van der Waals surface area (Å²) < 4.78 is 6.12. The first kappa shape index (κ1) is 24.3. The molecule has 29 heavy (non-hydrogen) atoms. The molecular formula is C23H39IN4O. The van der Waals surface area contributed by atoms with E-state index in [9.17, 15) is 0 Å². The Hall–Kier alpha value is -1.02. The zero-order valence-electron chi connectivity index (χ0n) is 18.3. The van der Waals surface area contributed by atoms with Gasteiger partial charge in [0.1, 0.15) is 5.75 Å². The molecule has 2 aliphatic rings. The quantitative estimate of drug-likeness (QED) is 0.332. The van der Waals surface area contributed by atoms with Crippen LogP contribution in [0.3, 0.4) is 0 Å². The van der Waals surface area contributed by atoms with Gasteiger partial charge in [-0.15, -0.1) is 24.0 Å². The van der Waals surface area contributed by atoms with Crippen LogP contribution in [0.5, 0.6) is 5.75 Å². The number of hydrogen-bond donors (Lipinski definition) is 2. The monoisotopic (exact) mass is 514 g/mol. The van der Waals surface area contributed by atoms with Gasteiger partial charge in [-0.05, 0) is 70.1 Å². The molecule has 164 valence electrons. The minimum Gasteiger partial charge on any atom is -0.490 e. The predicted octanol–water partition coefficient (Wildman–Crippen LogP) is 4.55. The maximum absolute atomic E-state index is 6.12. The van der Waals surface area contributed by atoms with Crippen LogP contribution in [0.1, 0.15) is 64.4 Å². The molecule has 1 aliphatic heterocycles. The summed E-state index contributed by atoms with van der Waals surface area (Å²) in [6.45, 7) is 7.65. The zero-order chi connectivity index (χ0) is 19.8. The summed E-state index contributed by atoms with van der Waals surface area (Å²) in [5.74, 6) is 1.89. The number of piperidine rings is 1. The van der Waals surface area contributed by atoms with Crippen LogP contribution in [-0.4, -0.2) is 49.2 Å². The second-order valence-corrected chi connectivity index (χ2v) is 8.50. The maximum atomic E-state index is 6.12. The zero-order valence-corrected chi connectivity index (χ0v) is 20.7. The van der Waals surface area contributed by atoms with E-state index >= 15 is 0 Å². The van der Waals surface area contributed by atoms with Crippen molar-refractivity contribution in [2.24, 2.45) is 4.99 Å². The number of rotatable bonds is 6. The van der Waals surface area contributed by atoms with Gasteiger partial charge in [0.15, 0.2) is 5.96 Å². The molecule has 0 amide bonds. The van der Waals surface area contributed by atoms with E-state index in [0.717, 1.165) is 31.3 Å². The van der Waals surface area contributed by atoms with Crippen LogP contribution in [-0.2, 0) is 6.54 Å². The molecule has 2 fully saturated rings. The smallest absolute Gasteiger partial charge is 0.191 e. The van der Waals surface area contributed by atoms with Crippen molar-refractivity contribution >= 4 is 29.9 Å². The number of likely N-dealkylation sites (tertiary alicyclic amines) is 1. The van der Waals surface area contributed by atoms with E-state index in [0.29, 0.717) is 18.2 Å². The molecule has 3 rings (SSSR count). The van der Waals surface area contributed by atoms with Crippen LogP contribution in [0.15, 0.2) is 29.3 Å². The van der Waals surface area contributed by atoms with Crippen LogP contribution in [0.2, 0.25) is 0 Å². The molecule has 2 N–H and O–H groups in total. The van der Waals surface area contributed by atoms with Gasteiger partial charge >= 0.3 is 0 Å². The largest absolute Gasteiger partial charge is 0.490 e. The highest BCUT2D eigenvalue weighted by atomic mass is 127. The summed E-state index contributed by atoms with van der Waals surface area (Å²) in [6, 6.07) is 9.65. The third kappa shape index (κ3) is 7.96. The number of nitrogens with one attached hydrogen (secondary N) is 2. The van der Waals surface area contributed by atoms with Crippen molar-refractivity contribution in [1.82, 2.24) is 15.5 Å². The molecule has 5 nitrogen and oxygen atoms in total. The van der Waals surface area contributed by atoms with Crippen molar-refractivity contribution in [2.45, 2.75) is 83.5 Å². The molecule has 6 heteroatoms. The number of halogens is 1. The molecule has 1 saturated heterocycles. The topological polar surface area (TPSA) is 48.9 Å². The van der Waals surface area contributed by atoms with Crippen molar-refractivity contribution in [3.05, 3.63) is 29.8 Å². The Morgan fingerprint density at radius 1 is 1.07 bits per heavy atom. The SMILES string of the molecule is CN=C(NCc1ccc(OC2CCCCC2)cc1)NC1CCN(C(C)C)CC1.I. The highest BCUT2D eigenvalue weighted by Crippen LogP contribution is 2.23. The Morgan fingerprint density at radius 3 is 2.31 bits per heavy atom. The van der Waals surface area contributed by atoms with E-state index in [-0.39, 0.29) is 24.0 Å². The number of guanidine groups is 1. The minimum absolute atomic E-state index is 0. The summed E-state index contributed by atoms with van der Waals surface area (Å²) >= 11 is 0. The van der Waals surface area contributed by atoms with Gasteiger partial charge in [0.25, 0.3) is 0 Å². The first-order valence-electron chi connectivity index (χ1n) is 11.1. The van der Waals surface area contributed by atoms with Gasteiger partial charge in [-0.2, -0.15) is 0 Å². The van der Waals surface area contributed by atoms with Crippen molar-refractivity contribution in [3.8, 4) is 5.75 Å². The summed E-state index contributed by atoms with van der Waals surface area (Å²) in [7, 11) is 1.85. The van der Waals surface area contributed by atoms with Gasteiger partial charge < -0.3 is 20.3 Å². The fourth-order valence-electron chi connectivity index (χ4n) is 4.20. The van der Waals surface area contributed by atoms with Crippen LogP contribution < -0.4 is 15.4 Å². The van der Waals surface area contributed by atoms with Crippen LogP contribution >= 0.6 is 24.0 Å². The van der Waals surface area contributed by atoms with Gasteiger partial charge in [0.05, 0.1) is 6.10 Å². The van der Waals surface area contributed by atoms with E-state index in [1.54, 1.807) is 0 Å². The molecule has 0 unspecified atom stereocenters. The van der Waals surface area contributed by atoms with Gasteiger partial charge in [0.2, 0.25) is 0 Å². The van der Waals surface area contributed by atoms with Gasteiger partial charge in [-0.25, -0.2) is 0 Å². The number of aliphatic imine (C=N–C) groups is 1. The lowest BCUT2D eigenvalue weighted by molar-refractivity contribution is 0.155. The second-order valence-electron chi connectivity index (χ2n) is 8.50. The molecule has 1 aromatic carbocycles. The van der Waals surface area contributed by atoms with Gasteiger partial charge in [-0.1, -0.05) is 18.6 Å². The lowest BCUT2D eigenvalue weighted by Gasteiger charge is -2.35. The van der Waals surface area contributed by atoms with Crippen molar-refractivity contribution < 1.29 is 4.74 Å². The third-order valence-corrected chi connectivity index (χ3v) is 6.06. The molecule has 0 aromatic heterocycles. The Bertz CT molecular complexity index is 606. The van der Waals surface area contributed by atoms with Crippen LogP contribution in [0, 0.1) is 0 Å². The molecule has 1 saturated carbocycles. The van der Waals surface area contributed by atoms with Crippen molar-refractivity contribution in [2.75, 3.05) is 20.1 Å². The molecule has 1 aromatic rings. The normalized spacial score (nSPS) is 19.7. The molecule has 1 aliphatic carbocycles. The Morgan fingerprint density at radius 2 is 1.72 bits per heavy atom. The molecular weight excluding hydrogens is 475 g/mol. The molecule has 0 bridgehead atoms. The predicted molar refractivity (Wildman–Crippen MR) is 132 cm³/mol. The Labute approximate surface area is 194 Å². The van der Waals surface area contributed by atoms with Gasteiger partial charge in [0, 0.05) is 38.8 Å². The number of benzene rings is 1. The first-order chi connectivity index (χ1) is 13.6. The Kier molecular flexibility index (Phi) is 10.6. The van der Waals surface area contributed by atoms with Gasteiger partial charge in [-0.3, -0.25) is 4.99 Å². The lowest BCUT2D eigenvalue weighted by atomic mass is 9.98. The second kappa shape index (κ2) is 12.6. The molecule has 0 spiro atoms. The fourth-order valence-corrected chi connectivity index (χ4v) is 4.20. The minimum atomic E-state index is 0. The van der Waals surface area contributed by atoms with E-state index in [2.05, 4.69) is 58.6 Å². The summed E-state index contributed by atoms with van der Waals surface area (Å²) in [6.07, 6.45) is 9.10. The van der Waals surface area contributed by atoms with Crippen LogP contribution in [0.4, 0.5) is 0 Å². The lowest BCUT2D eigenvalue weighted by Crippen LogP contribution is -2.49. The maximum Gasteiger partial charge on any atom is 0.191 e. The number of hydrogen-bond acceptors (Lipinski definition) is 3. The number of ether oxygens (including phenoxy) is 1. The molecule has 1 heterocycles. The summed E-state index contributed by atoms with van der Waals surface area (Å²) in [4.78, 5) is 6.95. The fraction of sp³-hybridized carbons (Fsp3) is 0.696. The molecule has 0 atom stereocenters. The van der Waals surface area contributed by atoms with Crippen molar-refractivity contribution in [1.29, 1.82) is 0 Å². The highest BCUT2D eigenvalue weighted by molar-refractivity contribution is 14.0. The summed E-state index contributed by atoms with van der Waals surface area (Å²) in [5, 5.41) is 7.04. The standard InChI is InChI=1S/C23H38N4O.HI/c1-18(2)27-15-13-20(14-16-27)26-23(24-3)25-17-19-9-11-22(12-10-19)28-21-7-5-4-6-8-21;/h9-12,18,20-21H,4-8,13-17H2,1-3H3,(H2,24,25,26);1H. The van der Waals surface area contributed by atoms with E-state index in [1.807, 2.05) is 7.05 Å². The van der Waals surface area contributed by atoms with E-state index < -0.39 is 0 Å². The number of nitrogens with zero attached hydrogens (tertiary/aromatic N) is 2. The van der Waals surface area contributed by atoms with Crippen LogP contribution in [0.25, 0.3) is 0 Å². The molecule has 0 radical (unpaired) electrons. The average Bonchev–Trinajstić information content (AvgIpc) is 2.73. The third-order valence-electron chi connectivity index (χ3n) is 6.06.